The Labute approximate surface area is 241 Å². The highest BCUT2D eigenvalue weighted by Crippen LogP contribution is 2.29. The number of nitrogens with zero attached hydrogens (tertiary/aromatic N) is 4. The fourth-order valence-corrected chi connectivity index (χ4v) is 5.18. The number of aromatic amines is 1. The molecule has 9 nitrogen and oxygen atoms in total. The predicted molar refractivity (Wildman–Crippen MR) is 162 cm³/mol. The van der Waals surface area contributed by atoms with Crippen LogP contribution >= 0.6 is 0 Å². The Morgan fingerprint density at radius 3 is 2.51 bits per heavy atom. The molecule has 3 heterocycles. The minimum absolute atomic E-state index is 0.131. The molecule has 9 heteroatoms. The highest BCUT2D eigenvalue weighted by Gasteiger charge is 2.17. The van der Waals surface area contributed by atoms with E-state index in [9.17, 15) is 4.79 Å². The van der Waals surface area contributed by atoms with Gasteiger partial charge in [-0.3, -0.25) is 14.6 Å². The first-order valence-corrected chi connectivity index (χ1v) is 14.4. The number of piperazine rings is 1. The molecule has 1 unspecified atom stereocenters. The van der Waals surface area contributed by atoms with Crippen molar-refractivity contribution in [2.75, 3.05) is 58.4 Å². The van der Waals surface area contributed by atoms with E-state index in [2.05, 4.69) is 96.3 Å². The van der Waals surface area contributed by atoms with Crippen LogP contribution in [-0.2, 0) is 20.8 Å². The van der Waals surface area contributed by atoms with E-state index in [1.165, 1.54) is 18.2 Å². The van der Waals surface area contributed by atoms with Crippen molar-refractivity contribution < 1.29 is 14.3 Å². The van der Waals surface area contributed by atoms with Crippen LogP contribution in [0.3, 0.4) is 0 Å². The Morgan fingerprint density at radius 1 is 1.00 bits per heavy atom. The van der Waals surface area contributed by atoms with Crippen molar-refractivity contribution in [3.05, 3.63) is 78.1 Å². The number of H-pyrrole nitrogens is 1. The molecule has 1 fully saturated rings. The van der Waals surface area contributed by atoms with E-state index in [0.717, 1.165) is 67.4 Å². The lowest BCUT2D eigenvalue weighted by atomic mass is 10.1. The molecule has 0 saturated carbocycles. The number of anilines is 1. The Bertz CT molecular complexity index is 1380. The maximum absolute atomic E-state index is 11.1. The van der Waals surface area contributed by atoms with Gasteiger partial charge in [-0.25, -0.2) is 9.97 Å². The molecule has 0 radical (unpaired) electrons. The number of hydrogen-bond acceptors (Lipinski definition) is 8. The van der Waals surface area contributed by atoms with Gasteiger partial charge < -0.3 is 19.8 Å². The van der Waals surface area contributed by atoms with Gasteiger partial charge in [0.2, 0.25) is 0 Å². The highest BCUT2D eigenvalue weighted by molar-refractivity contribution is 5.91. The van der Waals surface area contributed by atoms with Gasteiger partial charge in [-0.15, -0.1) is 0 Å². The van der Waals surface area contributed by atoms with Crippen LogP contribution in [0.4, 0.5) is 5.82 Å². The third-order valence-corrected chi connectivity index (χ3v) is 7.66. The van der Waals surface area contributed by atoms with Gasteiger partial charge in [0.25, 0.3) is 0 Å². The third kappa shape index (κ3) is 7.91. The fourth-order valence-electron chi connectivity index (χ4n) is 5.18. The van der Waals surface area contributed by atoms with E-state index in [4.69, 9.17) is 4.74 Å². The standard InChI is InChI=1S/C32H40N6O3/c1-24(26-7-4-3-5-8-26)35-31-28-21-29(36-32(28)34-23-33-31)27-12-10-25(11-13-27)22-38-16-14-37(15-17-38)18-20-41-19-6-9-30(39)40-2/h3-5,7-8,10-13,21,23-24H,6,9,14-20,22H2,1-2H3,(H2,33,34,35,36). The van der Waals surface area contributed by atoms with Crippen LogP contribution in [-0.4, -0.2) is 83.8 Å². The van der Waals surface area contributed by atoms with E-state index in [-0.39, 0.29) is 12.0 Å². The number of hydrogen-bond donors (Lipinski definition) is 2. The molecule has 41 heavy (non-hydrogen) atoms. The van der Waals surface area contributed by atoms with Crippen molar-refractivity contribution in [3.63, 3.8) is 0 Å². The van der Waals surface area contributed by atoms with Gasteiger partial charge in [0.1, 0.15) is 17.8 Å². The number of esters is 1. The Balaban J connectivity index is 1.10. The topological polar surface area (TPSA) is 95.6 Å². The molecule has 1 aliphatic rings. The maximum Gasteiger partial charge on any atom is 0.305 e. The second-order valence-electron chi connectivity index (χ2n) is 10.6. The van der Waals surface area contributed by atoms with Crippen LogP contribution < -0.4 is 5.32 Å². The van der Waals surface area contributed by atoms with E-state index in [1.54, 1.807) is 6.33 Å². The molecule has 1 saturated heterocycles. The van der Waals surface area contributed by atoms with Gasteiger partial charge in [-0.05, 0) is 36.1 Å². The Morgan fingerprint density at radius 2 is 1.76 bits per heavy atom. The number of fused-ring (bicyclic) bond motifs is 1. The first-order valence-electron chi connectivity index (χ1n) is 14.4. The second kappa shape index (κ2) is 14.2. The lowest BCUT2D eigenvalue weighted by molar-refractivity contribution is -0.141. The van der Waals surface area contributed by atoms with Gasteiger partial charge in [0, 0.05) is 64.0 Å². The molecule has 2 aromatic heterocycles. The van der Waals surface area contributed by atoms with Gasteiger partial charge in [0.05, 0.1) is 19.1 Å². The van der Waals surface area contributed by atoms with Crippen LogP contribution in [0.5, 0.6) is 0 Å². The number of ether oxygens (including phenoxy) is 2. The zero-order chi connectivity index (χ0) is 28.4. The summed E-state index contributed by atoms with van der Waals surface area (Å²) >= 11 is 0. The number of nitrogens with one attached hydrogen (secondary N) is 2. The molecule has 2 N–H and O–H groups in total. The van der Waals surface area contributed by atoms with E-state index in [0.29, 0.717) is 26.1 Å². The molecule has 0 bridgehead atoms. The van der Waals surface area contributed by atoms with Crippen LogP contribution in [0.15, 0.2) is 67.0 Å². The van der Waals surface area contributed by atoms with Crippen molar-refractivity contribution in [2.24, 2.45) is 0 Å². The molecule has 0 aliphatic carbocycles. The molecule has 0 spiro atoms. The van der Waals surface area contributed by atoms with Crippen molar-refractivity contribution in [2.45, 2.75) is 32.4 Å². The number of benzene rings is 2. The average molecular weight is 557 g/mol. The SMILES string of the molecule is COC(=O)CCCOCCN1CCN(Cc2ccc(-c3cc4c(NC(C)c5ccccc5)ncnc4[nH]3)cc2)CC1. The maximum atomic E-state index is 11.1. The molecular weight excluding hydrogens is 516 g/mol. The number of methoxy groups -OCH3 is 1. The fraction of sp³-hybridized carbons (Fsp3) is 0.406. The Hall–Kier alpha value is -3.79. The minimum atomic E-state index is -0.178. The summed E-state index contributed by atoms with van der Waals surface area (Å²) < 4.78 is 10.3. The molecule has 0 amide bonds. The quantitative estimate of drug-likeness (QED) is 0.178. The molecule has 2 aromatic carbocycles. The molecular formula is C32H40N6O3. The number of rotatable bonds is 13. The number of carbonyl (C=O) groups excluding carboxylic acids is 1. The lowest BCUT2D eigenvalue weighted by Crippen LogP contribution is -2.46. The van der Waals surface area contributed by atoms with E-state index < -0.39 is 0 Å². The normalized spacial score (nSPS) is 15.2. The van der Waals surface area contributed by atoms with Crippen molar-refractivity contribution >= 4 is 22.8 Å². The van der Waals surface area contributed by atoms with Gasteiger partial charge in [-0.1, -0.05) is 54.6 Å². The smallest absolute Gasteiger partial charge is 0.305 e. The first-order chi connectivity index (χ1) is 20.1. The number of carbonyl (C=O) groups is 1. The lowest BCUT2D eigenvalue weighted by Gasteiger charge is -2.34. The van der Waals surface area contributed by atoms with E-state index >= 15 is 0 Å². The van der Waals surface area contributed by atoms with Crippen LogP contribution in [0, 0.1) is 0 Å². The molecule has 1 atom stereocenters. The summed E-state index contributed by atoms with van der Waals surface area (Å²) in [6, 6.07) is 21.4. The van der Waals surface area contributed by atoms with Crippen LogP contribution in [0.1, 0.15) is 36.9 Å². The first kappa shape index (κ1) is 28.7. The van der Waals surface area contributed by atoms with Gasteiger partial charge in [-0.2, -0.15) is 0 Å². The monoisotopic (exact) mass is 556 g/mol. The van der Waals surface area contributed by atoms with Gasteiger partial charge in [0.15, 0.2) is 0 Å². The van der Waals surface area contributed by atoms with Crippen molar-refractivity contribution in [1.82, 2.24) is 24.8 Å². The summed E-state index contributed by atoms with van der Waals surface area (Å²) in [6.07, 6.45) is 2.73. The van der Waals surface area contributed by atoms with Crippen LogP contribution in [0.2, 0.25) is 0 Å². The summed E-state index contributed by atoms with van der Waals surface area (Å²) in [6.45, 7) is 9.48. The molecule has 5 rings (SSSR count). The molecule has 1 aliphatic heterocycles. The van der Waals surface area contributed by atoms with Crippen LogP contribution in [0.25, 0.3) is 22.3 Å². The summed E-state index contributed by atoms with van der Waals surface area (Å²) in [5.41, 5.74) is 5.51. The zero-order valence-electron chi connectivity index (χ0n) is 24.0. The summed E-state index contributed by atoms with van der Waals surface area (Å²) in [7, 11) is 1.42. The third-order valence-electron chi connectivity index (χ3n) is 7.66. The summed E-state index contributed by atoms with van der Waals surface area (Å²) in [5.74, 6) is 0.651. The molecule has 216 valence electrons. The van der Waals surface area contributed by atoms with Crippen molar-refractivity contribution in [3.8, 4) is 11.3 Å². The largest absolute Gasteiger partial charge is 0.469 e. The zero-order valence-corrected chi connectivity index (χ0v) is 24.0. The Kier molecular flexibility index (Phi) is 9.96. The second-order valence-corrected chi connectivity index (χ2v) is 10.6. The average Bonchev–Trinajstić information content (AvgIpc) is 3.46. The highest BCUT2D eigenvalue weighted by atomic mass is 16.5. The van der Waals surface area contributed by atoms with Crippen molar-refractivity contribution in [1.29, 1.82) is 0 Å². The van der Waals surface area contributed by atoms with E-state index in [1.807, 2.05) is 6.07 Å². The predicted octanol–water partition coefficient (Wildman–Crippen LogP) is 4.89. The minimum Gasteiger partial charge on any atom is -0.469 e. The molecule has 4 aromatic rings. The van der Waals surface area contributed by atoms with Gasteiger partial charge >= 0.3 is 5.97 Å². The summed E-state index contributed by atoms with van der Waals surface area (Å²) in [4.78, 5) is 28.6. The summed E-state index contributed by atoms with van der Waals surface area (Å²) in [5, 5.41) is 4.53. The number of aromatic nitrogens is 3.